The maximum absolute atomic E-state index is 12.4. The predicted molar refractivity (Wildman–Crippen MR) is 80.9 cm³/mol. The minimum Gasteiger partial charge on any atom is -0.497 e. The first-order valence-electron chi connectivity index (χ1n) is 6.54. The van der Waals surface area contributed by atoms with Crippen molar-refractivity contribution in [1.82, 2.24) is 9.55 Å². The first kappa shape index (κ1) is 13.2. The molecule has 0 aliphatic rings. The average Bonchev–Trinajstić information content (AvgIpc) is 2.52. The molecule has 0 unspecified atom stereocenters. The number of methoxy groups -OCH3 is 1. The second kappa shape index (κ2) is 5.28. The van der Waals surface area contributed by atoms with E-state index in [1.54, 1.807) is 43.5 Å². The molecule has 0 aliphatic carbocycles. The summed E-state index contributed by atoms with van der Waals surface area (Å²) in [6, 6.07) is 14.3. The molecular weight excluding hydrogens is 268 g/mol. The van der Waals surface area contributed by atoms with E-state index in [-0.39, 0.29) is 12.1 Å². The largest absolute Gasteiger partial charge is 0.497 e. The number of hydrogen-bond acceptors (Lipinski definition) is 3. The lowest BCUT2D eigenvalue weighted by atomic mass is 10.2. The van der Waals surface area contributed by atoms with Crippen LogP contribution in [0.2, 0.25) is 0 Å². The van der Waals surface area contributed by atoms with Gasteiger partial charge in [0, 0.05) is 0 Å². The Morgan fingerprint density at radius 2 is 1.76 bits per heavy atom. The van der Waals surface area contributed by atoms with Crippen LogP contribution in [0.4, 0.5) is 0 Å². The molecule has 0 aliphatic heterocycles. The van der Waals surface area contributed by atoms with Gasteiger partial charge in [0.15, 0.2) is 0 Å². The van der Waals surface area contributed by atoms with Gasteiger partial charge in [0.25, 0.3) is 5.56 Å². The number of nitrogens with zero attached hydrogens (tertiary/aromatic N) is 1. The maximum atomic E-state index is 12.4. The van der Waals surface area contributed by atoms with E-state index in [2.05, 4.69) is 4.98 Å². The van der Waals surface area contributed by atoms with Crippen LogP contribution >= 0.6 is 0 Å². The molecule has 0 fully saturated rings. The van der Waals surface area contributed by atoms with Crippen LogP contribution in [0.1, 0.15) is 5.56 Å². The first-order chi connectivity index (χ1) is 10.2. The molecule has 0 spiro atoms. The fourth-order valence-corrected chi connectivity index (χ4v) is 2.26. The molecule has 0 radical (unpaired) electrons. The number of benzene rings is 2. The molecule has 0 atom stereocenters. The Hall–Kier alpha value is -2.82. The fourth-order valence-electron chi connectivity index (χ4n) is 2.26. The molecule has 5 heteroatoms. The van der Waals surface area contributed by atoms with E-state index in [0.29, 0.717) is 10.9 Å². The Kier molecular flexibility index (Phi) is 3.31. The fraction of sp³-hybridized carbons (Fsp3) is 0.125. The number of rotatable bonds is 3. The number of H-pyrrole nitrogens is 1. The minimum absolute atomic E-state index is 0.225. The zero-order valence-electron chi connectivity index (χ0n) is 11.5. The van der Waals surface area contributed by atoms with Crippen molar-refractivity contribution in [2.24, 2.45) is 0 Å². The van der Waals surface area contributed by atoms with Gasteiger partial charge in [-0.1, -0.05) is 24.3 Å². The summed E-state index contributed by atoms with van der Waals surface area (Å²) in [5, 5.41) is 0.505. The molecule has 3 rings (SSSR count). The van der Waals surface area contributed by atoms with Crippen molar-refractivity contribution in [3.05, 3.63) is 74.9 Å². The molecule has 2 aromatic carbocycles. The summed E-state index contributed by atoms with van der Waals surface area (Å²) >= 11 is 0. The van der Waals surface area contributed by atoms with E-state index in [4.69, 9.17) is 4.74 Å². The SMILES string of the molecule is COc1ccc(Cn2c(=O)[nH]c3ccccc3c2=O)cc1. The number of hydrogen-bond donors (Lipinski definition) is 1. The normalized spacial score (nSPS) is 10.7. The molecule has 1 N–H and O–H groups in total. The lowest BCUT2D eigenvalue weighted by Gasteiger charge is -2.07. The number of nitrogens with one attached hydrogen (secondary N) is 1. The number of fused-ring (bicyclic) bond motifs is 1. The van der Waals surface area contributed by atoms with Crippen LogP contribution < -0.4 is 16.0 Å². The van der Waals surface area contributed by atoms with Gasteiger partial charge in [-0.25, -0.2) is 4.79 Å². The molecule has 0 saturated heterocycles. The molecule has 0 saturated carbocycles. The summed E-state index contributed by atoms with van der Waals surface area (Å²) in [5.74, 6) is 0.735. The number of ether oxygens (including phenoxy) is 1. The second-order valence-electron chi connectivity index (χ2n) is 4.72. The molecule has 21 heavy (non-hydrogen) atoms. The van der Waals surface area contributed by atoms with Crippen LogP contribution in [0.3, 0.4) is 0 Å². The summed E-state index contributed by atoms with van der Waals surface area (Å²) in [7, 11) is 1.59. The minimum atomic E-state index is -0.408. The van der Waals surface area contributed by atoms with Crippen LogP contribution in [0, 0.1) is 0 Å². The van der Waals surface area contributed by atoms with Crippen LogP contribution in [0.5, 0.6) is 5.75 Å². The van der Waals surface area contributed by atoms with Gasteiger partial charge in [-0.3, -0.25) is 9.36 Å². The van der Waals surface area contributed by atoms with E-state index in [0.717, 1.165) is 11.3 Å². The quantitative estimate of drug-likeness (QED) is 0.796. The number of aromatic amines is 1. The van der Waals surface area contributed by atoms with E-state index in [9.17, 15) is 9.59 Å². The van der Waals surface area contributed by atoms with Gasteiger partial charge < -0.3 is 9.72 Å². The Balaban J connectivity index is 2.07. The third kappa shape index (κ3) is 2.45. The monoisotopic (exact) mass is 282 g/mol. The molecule has 3 aromatic rings. The summed E-state index contributed by atoms with van der Waals surface area (Å²) < 4.78 is 6.29. The summed E-state index contributed by atoms with van der Waals surface area (Å²) in [4.78, 5) is 27.2. The van der Waals surface area contributed by atoms with Crippen LogP contribution in [0.25, 0.3) is 10.9 Å². The molecule has 1 heterocycles. The van der Waals surface area contributed by atoms with E-state index in [1.807, 2.05) is 12.1 Å². The summed E-state index contributed by atoms with van der Waals surface area (Å²) in [5.41, 5.74) is 0.719. The standard InChI is InChI=1S/C16H14N2O3/c1-21-12-8-6-11(7-9-12)10-18-15(19)13-4-2-3-5-14(13)17-16(18)20/h2-9H,10H2,1H3,(H,17,20). The Morgan fingerprint density at radius 1 is 1.05 bits per heavy atom. The highest BCUT2D eigenvalue weighted by atomic mass is 16.5. The Labute approximate surface area is 120 Å². The van der Waals surface area contributed by atoms with Crippen LogP contribution in [0.15, 0.2) is 58.1 Å². The highest BCUT2D eigenvalue weighted by Crippen LogP contribution is 2.11. The molecular formula is C16H14N2O3. The topological polar surface area (TPSA) is 64.1 Å². The lowest BCUT2D eigenvalue weighted by molar-refractivity contribution is 0.414. The highest BCUT2D eigenvalue weighted by Gasteiger charge is 2.07. The van der Waals surface area contributed by atoms with Gasteiger partial charge in [0.2, 0.25) is 0 Å². The zero-order valence-corrected chi connectivity index (χ0v) is 11.5. The Morgan fingerprint density at radius 3 is 2.48 bits per heavy atom. The second-order valence-corrected chi connectivity index (χ2v) is 4.72. The van der Waals surface area contributed by atoms with Crippen molar-refractivity contribution < 1.29 is 4.74 Å². The van der Waals surface area contributed by atoms with Crippen molar-refractivity contribution in [3.63, 3.8) is 0 Å². The smallest absolute Gasteiger partial charge is 0.329 e. The molecule has 0 bridgehead atoms. The van der Waals surface area contributed by atoms with E-state index >= 15 is 0 Å². The first-order valence-corrected chi connectivity index (χ1v) is 6.54. The lowest BCUT2D eigenvalue weighted by Crippen LogP contribution is -2.35. The summed E-state index contributed by atoms with van der Waals surface area (Å²) in [6.45, 7) is 0.225. The number of aromatic nitrogens is 2. The van der Waals surface area contributed by atoms with Gasteiger partial charge >= 0.3 is 5.69 Å². The van der Waals surface area contributed by atoms with Crippen molar-refractivity contribution in [1.29, 1.82) is 0 Å². The summed E-state index contributed by atoms with van der Waals surface area (Å²) in [6.07, 6.45) is 0. The molecule has 5 nitrogen and oxygen atoms in total. The maximum Gasteiger partial charge on any atom is 0.329 e. The zero-order chi connectivity index (χ0) is 14.8. The number of para-hydroxylation sites is 1. The molecule has 1 aromatic heterocycles. The van der Waals surface area contributed by atoms with Crippen LogP contribution in [-0.4, -0.2) is 16.7 Å². The van der Waals surface area contributed by atoms with Crippen molar-refractivity contribution in [2.45, 2.75) is 6.54 Å². The van der Waals surface area contributed by atoms with E-state index < -0.39 is 5.69 Å². The molecule has 0 amide bonds. The predicted octanol–water partition coefficient (Wildman–Crippen LogP) is 1.75. The molecule has 106 valence electrons. The van der Waals surface area contributed by atoms with Gasteiger partial charge in [-0.05, 0) is 29.8 Å². The van der Waals surface area contributed by atoms with Gasteiger partial charge in [-0.2, -0.15) is 0 Å². The van der Waals surface area contributed by atoms with Crippen molar-refractivity contribution >= 4 is 10.9 Å². The van der Waals surface area contributed by atoms with Crippen molar-refractivity contribution in [3.8, 4) is 5.75 Å². The Bertz CT molecular complexity index is 892. The third-order valence-electron chi connectivity index (χ3n) is 3.39. The van der Waals surface area contributed by atoms with Crippen LogP contribution in [-0.2, 0) is 6.54 Å². The van der Waals surface area contributed by atoms with Gasteiger partial charge in [0.05, 0.1) is 24.6 Å². The highest BCUT2D eigenvalue weighted by molar-refractivity contribution is 5.76. The van der Waals surface area contributed by atoms with Gasteiger partial charge in [0.1, 0.15) is 5.75 Å². The van der Waals surface area contributed by atoms with Gasteiger partial charge in [-0.15, -0.1) is 0 Å². The average molecular weight is 282 g/mol. The third-order valence-corrected chi connectivity index (χ3v) is 3.39. The van der Waals surface area contributed by atoms with E-state index in [1.165, 1.54) is 4.57 Å². The van der Waals surface area contributed by atoms with Crippen molar-refractivity contribution in [2.75, 3.05) is 7.11 Å².